The average molecular weight is 379 g/mol. The van der Waals surface area contributed by atoms with Crippen molar-refractivity contribution in [1.82, 2.24) is 0 Å². The third-order valence-corrected chi connectivity index (χ3v) is 7.27. The number of ether oxygens (including phenoxy) is 2. The molecule has 2 heterocycles. The molecule has 0 N–H and O–H groups in total. The van der Waals surface area contributed by atoms with E-state index in [0.29, 0.717) is 25.6 Å². The van der Waals surface area contributed by atoms with Crippen molar-refractivity contribution >= 4 is 11.9 Å². The van der Waals surface area contributed by atoms with Crippen molar-refractivity contribution < 1.29 is 19.1 Å². The first kappa shape index (κ1) is 20.7. The van der Waals surface area contributed by atoms with Gasteiger partial charge in [0, 0.05) is 11.8 Å². The predicted octanol–water partition coefficient (Wildman–Crippen LogP) is 5.57. The molecule has 2 saturated heterocycles. The van der Waals surface area contributed by atoms with Gasteiger partial charge in [0.05, 0.1) is 5.41 Å². The van der Waals surface area contributed by atoms with Crippen molar-refractivity contribution in [2.45, 2.75) is 103 Å². The lowest BCUT2D eigenvalue weighted by Crippen LogP contribution is -2.44. The second-order valence-electron chi connectivity index (χ2n) is 9.44. The molecule has 3 rings (SSSR count). The number of carbonyl (C=O) groups is 2. The summed E-state index contributed by atoms with van der Waals surface area (Å²) in [6.07, 6.45) is 16.2. The largest absolute Gasteiger partial charge is 0.465 e. The fourth-order valence-electron chi connectivity index (χ4n) is 5.78. The Hall–Kier alpha value is -1.06. The summed E-state index contributed by atoms with van der Waals surface area (Å²) >= 11 is 0. The SMILES string of the molecule is CCCCCCCC1CC23COC(=O)CCCCCCCC1(C2)C(=O)OC3. The van der Waals surface area contributed by atoms with Gasteiger partial charge < -0.3 is 9.47 Å². The maximum Gasteiger partial charge on any atom is 0.312 e. The van der Waals surface area contributed by atoms with Crippen LogP contribution in [0.2, 0.25) is 0 Å². The Bertz CT molecular complexity index is 517. The Morgan fingerprint density at radius 3 is 2.52 bits per heavy atom. The lowest BCUT2D eigenvalue weighted by Gasteiger charge is -2.39. The molecule has 0 aromatic carbocycles. The molecular weight excluding hydrogens is 340 g/mol. The number of carbonyl (C=O) groups excluding carboxylic acids is 2. The topological polar surface area (TPSA) is 52.6 Å². The molecule has 3 unspecified atom stereocenters. The van der Waals surface area contributed by atoms with Crippen LogP contribution >= 0.6 is 0 Å². The molecule has 3 atom stereocenters. The zero-order chi connectivity index (χ0) is 19.2. The van der Waals surface area contributed by atoms with Gasteiger partial charge in [-0.1, -0.05) is 64.7 Å². The third-order valence-electron chi connectivity index (χ3n) is 7.27. The van der Waals surface area contributed by atoms with Crippen molar-refractivity contribution in [2.24, 2.45) is 16.7 Å². The Balaban J connectivity index is 1.72. The van der Waals surface area contributed by atoms with Crippen LogP contribution in [0.25, 0.3) is 0 Å². The van der Waals surface area contributed by atoms with E-state index in [4.69, 9.17) is 9.47 Å². The average Bonchev–Trinajstić information content (AvgIpc) is 2.93. The quantitative estimate of drug-likeness (QED) is 0.447. The van der Waals surface area contributed by atoms with Crippen molar-refractivity contribution in [3.8, 4) is 0 Å². The Labute approximate surface area is 164 Å². The molecule has 1 aliphatic carbocycles. The number of unbranched alkanes of at least 4 members (excludes halogenated alkanes) is 4. The van der Waals surface area contributed by atoms with Crippen molar-refractivity contribution in [1.29, 1.82) is 0 Å². The normalized spacial score (nSPS) is 34.8. The van der Waals surface area contributed by atoms with Crippen molar-refractivity contribution in [3.05, 3.63) is 0 Å². The first-order chi connectivity index (χ1) is 13.1. The van der Waals surface area contributed by atoms with Crippen LogP contribution < -0.4 is 0 Å². The maximum atomic E-state index is 12.9. The van der Waals surface area contributed by atoms with Crippen LogP contribution in [-0.4, -0.2) is 25.2 Å². The van der Waals surface area contributed by atoms with Gasteiger partial charge in [0.1, 0.15) is 13.2 Å². The summed E-state index contributed by atoms with van der Waals surface area (Å²) in [5, 5.41) is 0. The Morgan fingerprint density at radius 1 is 0.926 bits per heavy atom. The summed E-state index contributed by atoms with van der Waals surface area (Å²) in [6, 6.07) is 0. The third kappa shape index (κ3) is 4.86. The summed E-state index contributed by atoms with van der Waals surface area (Å²) in [5.41, 5.74) is -0.449. The van der Waals surface area contributed by atoms with E-state index >= 15 is 0 Å². The number of esters is 2. The number of rotatable bonds is 6. The molecular formula is C23H38O4. The summed E-state index contributed by atoms with van der Waals surface area (Å²) in [6.45, 7) is 3.12. The van der Waals surface area contributed by atoms with Crippen LogP contribution in [0.3, 0.4) is 0 Å². The highest BCUT2D eigenvalue weighted by Gasteiger charge is 2.62. The molecule has 2 aliphatic heterocycles. The van der Waals surface area contributed by atoms with Gasteiger partial charge in [0.15, 0.2) is 0 Å². The highest BCUT2D eigenvalue weighted by atomic mass is 16.6. The number of hydrogen-bond donors (Lipinski definition) is 0. The van der Waals surface area contributed by atoms with E-state index in [1.165, 1.54) is 32.1 Å². The zero-order valence-corrected chi connectivity index (χ0v) is 17.2. The van der Waals surface area contributed by atoms with E-state index in [1.807, 2.05) is 0 Å². The van der Waals surface area contributed by atoms with Crippen LogP contribution in [0.1, 0.15) is 103 Å². The van der Waals surface area contributed by atoms with Crippen LogP contribution in [0.15, 0.2) is 0 Å². The molecule has 3 aliphatic rings. The van der Waals surface area contributed by atoms with E-state index in [-0.39, 0.29) is 22.8 Å². The molecule has 154 valence electrons. The monoisotopic (exact) mass is 378 g/mol. The molecule has 1 saturated carbocycles. The molecule has 0 aromatic rings. The molecule has 4 nitrogen and oxygen atoms in total. The van der Waals surface area contributed by atoms with Crippen LogP contribution in [-0.2, 0) is 19.1 Å². The predicted molar refractivity (Wildman–Crippen MR) is 105 cm³/mol. The summed E-state index contributed by atoms with van der Waals surface area (Å²) in [4.78, 5) is 25.1. The van der Waals surface area contributed by atoms with Crippen LogP contribution in [0, 0.1) is 16.7 Å². The molecule has 0 aromatic heterocycles. The van der Waals surface area contributed by atoms with Gasteiger partial charge in [-0.25, -0.2) is 0 Å². The lowest BCUT2D eigenvalue weighted by molar-refractivity contribution is -0.173. The number of cyclic esters (lactones) is 2. The second kappa shape index (κ2) is 9.43. The lowest BCUT2D eigenvalue weighted by atomic mass is 9.70. The number of hydrogen-bond acceptors (Lipinski definition) is 4. The van der Waals surface area contributed by atoms with Crippen LogP contribution in [0.5, 0.6) is 0 Å². The molecule has 2 bridgehead atoms. The minimum absolute atomic E-state index is 0.0374. The highest BCUT2D eigenvalue weighted by Crippen LogP contribution is 2.61. The second-order valence-corrected chi connectivity index (χ2v) is 9.44. The molecule has 4 heteroatoms. The van der Waals surface area contributed by atoms with Gasteiger partial charge in [-0.2, -0.15) is 0 Å². The first-order valence-electron chi connectivity index (χ1n) is 11.4. The van der Waals surface area contributed by atoms with Gasteiger partial charge in [0.2, 0.25) is 0 Å². The van der Waals surface area contributed by atoms with E-state index in [0.717, 1.165) is 57.8 Å². The zero-order valence-electron chi connectivity index (χ0n) is 17.2. The van der Waals surface area contributed by atoms with Gasteiger partial charge in [-0.3, -0.25) is 9.59 Å². The Morgan fingerprint density at radius 2 is 1.67 bits per heavy atom. The standard InChI is InChI=1S/C23H38O4/c1-2-3-4-6-9-12-19-15-22-16-23(19,21(25)27-18-22)14-11-8-5-7-10-13-20(24)26-17-22/h19H,2-18H2,1H3. The summed E-state index contributed by atoms with van der Waals surface area (Å²) in [5.74, 6) is 0.361. The first-order valence-corrected chi connectivity index (χ1v) is 11.4. The van der Waals surface area contributed by atoms with Gasteiger partial charge in [-0.05, 0) is 38.0 Å². The van der Waals surface area contributed by atoms with Gasteiger partial charge in [-0.15, -0.1) is 0 Å². The van der Waals surface area contributed by atoms with E-state index in [1.54, 1.807) is 0 Å². The highest BCUT2D eigenvalue weighted by molar-refractivity contribution is 5.79. The van der Waals surface area contributed by atoms with E-state index < -0.39 is 0 Å². The van der Waals surface area contributed by atoms with Crippen molar-refractivity contribution in [3.63, 3.8) is 0 Å². The molecule has 27 heavy (non-hydrogen) atoms. The van der Waals surface area contributed by atoms with E-state index in [2.05, 4.69) is 6.92 Å². The summed E-state index contributed by atoms with van der Waals surface area (Å²) in [7, 11) is 0. The Kier molecular flexibility index (Phi) is 7.22. The fourth-order valence-corrected chi connectivity index (χ4v) is 5.78. The fraction of sp³-hybridized carbons (Fsp3) is 0.913. The van der Waals surface area contributed by atoms with Crippen molar-refractivity contribution in [2.75, 3.05) is 13.2 Å². The molecule has 0 amide bonds. The maximum absolute atomic E-state index is 12.9. The molecule has 3 fully saturated rings. The van der Waals surface area contributed by atoms with E-state index in [9.17, 15) is 9.59 Å². The van der Waals surface area contributed by atoms with Gasteiger partial charge in [0.25, 0.3) is 0 Å². The molecule has 0 radical (unpaired) electrons. The molecule has 0 spiro atoms. The summed E-state index contributed by atoms with van der Waals surface area (Å²) < 4.78 is 11.4. The minimum Gasteiger partial charge on any atom is -0.465 e. The van der Waals surface area contributed by atoms with Crippen LogP contribution in [0.4, 0.5) is 0 Å². The smallest absolute Gasteiger partial charge is 0.312 e. The minimum atomic E-state index is -0.316. The van der Waals surface area contributed by atoms with Gasteiger partial charge >= 0.3 is 11.9 Å².